The lowest BCUT2D eigenvalue weighted by atomic mass is 9.67. The van der Waals surface area contributed by atoms with Crippen LogP contribution in [-0.2, 0) is 14.0 Å². The third-order valence-corrected chi connectivity index (χ3v) is 13.8. The van der Waals surface area contributed by atoms with Gasteiger partial charge in [0.15, 0.2) is 0 Å². The number of amides is 1. The van der Waals surface area contributed by atoms with Crippen molar-refractivity contribution in [1.29, 1.82) is 0 Å². The molecule has 2 aliphatic rings. The van der Waals surface area contributed by atoms with Crippen molar-refractivity contribution in [2.75, 3.05) is 6.54 Å². The zero-order valence-corrected chi connectivity index (χ0v) is 27.5. The van der Waals surface area contributed by atoms with Crippen LogP contribution in [-0.4, -0.2) is 42.9 Å². The lowest BCUT2D eigenvalue weighted by molar-refractivity contribution is -0.128. The molecule has 2 atom stereocenters. The minimum atomic E-state index is -2.93. The molecule has 224 valence electrons. The minimum Gasteiger partial charge on any atom is -0.537 e. The van der Waals surface area contributed by atoms with Crippen LogP contribution in [0.15, 0.2) is 72.5 Å². The number of ketones is 1. The molecule has 0 aromatic heterocycles. The van der Waals surface area contributed by atoms with Gasteiger partial charge in [-0.2, -0.15) is 0 Å². The second-order valence-corrected chi connectivity index (χ2v) is 18.5. The number of Topliss-reactive ketones (excluding diaryl/α,β-unsaturated/α-hetero) is 1. The van der Waals surface area contributed by atoms with E-state index in [0.717, 1.165) is 5.76 Å². The quantitative estimate of drug-likeness (QED) is 0.268. The van der Waals surface area contributed by atoms with Gasteiger partial charge in [-0.1, -0.05) is 95.3 Å². The van der Waals surface area contributed by atoms with Crippen LogP contribution in [0.3, 0.4) is 0 Å². The van der Waals surface area contributed by atoms with Crippen molar-refractivity contribution in [2.45, 2.75) is 97.4 Å². The van der Waals surface area contributed by atoms with Crippen molar-refractivity contribution >= 4 is 30.6 Å². The number of carbonyl (C=O) groups is 2. The molecule has 0 unspecified atom stereocenters. The van der Waals surface area contributed by atoms with E-state index in [0.29, 0.717) is 19.4 Å². The van der Waals surface area contributed by atoms with E-state index in [1.807, 2.05) is 39.0 Å². The van der Waals surface area contributed by atoms with E-state index in [-0.39, 0.29) is 23.7 Å². The lowest BCUT2D eigenvalue weighted by Crippen LogP contribution is -2.67. The number of benzene rings is 2. The molecular formula is C35H46N2O4Si. The Labute approximate surface area is 253 Å². The maximum absolute atomic E-state index is 13.7. The van der Waals surface area contributed by atoms with E-state index in [4.69, 9.17) is 15.7 Å². The minimum absolute atomic E-state index is 0.0776. The summed E-state index contributed by atoms with van der Waals surface area (Å²) >= 11 is 0. The zero-order chi connectivity index (χ0) is 31.0. The largest absolute Gasteiger partial charge is 0.537 e. The molecule has 0 spiro atoms. The molecule has 6 nitrogen and oxygen atoms in total. The van der Waals surface area contributed by atoms with E-state index in [1.165, 1.54) is 10.4 Å². The summed E-state index contributed by atoms with van der Waals surface area (Å²) < 4.78 is 13.1. The third kappa shape index (κ3) is 5.79. The van der Waals surface area contributed by atoms with Crippen molar-refractivity contribution in [3.63, 3.8) is 0 Å². The number of nitrogens with zero attached hydrogens (tertiary/aromatic N) is 2. The van der Waals surface area contributed by atoms with Gasteiger partial charge in [-0.15, -0.1) is 0 Å². The predicted molar refractivity (Wildman–Crippen MR) is 170 cm³/mol. The van der Waals surface area contributed by atoms with E-state index >= 15 is 0 Å². The van der Waals surface area contributed by atoms with Crippen molar-refractivity contribution in [1.82, 2.24) is 4.90 Å². The molecule has 2 aromatic rings. The van der Waals surface area contributed by atoms with Crippen molar-refractivity contribution in [3.05, 3.63) is 83.9 Å². The number of carbonyl (C=O) groups excluding carboxylic acids is 2. The molecule has 1 heterocycles. The second-order valence-electron chi connectivity index (χ2n) is 14.3. The van der Waals surface area contributed by atoms with Gasteiger partial charge >= 0.3 is 20.1 Å². The van der Waals surface area contributed by atoms with Crippen LogP contribution in [0.1, 0.15) is 81.1 Å². The molecule has 0 N–H and O–H groups in total. The second kappa shape index (κ2) is 11.4. The molecule has 0 saturated carbocycles. The number of hydrogen-bond acceptors (Lipinski definition) is 4. The summed E-state index contributed by atoms with van der Waals surface area (Å²) in [4.78, 5) is 32.5. The summed E-state index contributed by atoms with van der Waals surface area (Å²) in [5.41, 5.74) is -2.49. The molecule has 7 heteroatoms. The van der Waals surface area contributed by atoms with Crippen LogP contribution < -0.4 is 10.4 Å². The number of allylic oxidation sites excluding steroid dienone is 2. The number of likely N-dealkylation sites (tertiary alicyclic amines) is 1. The first kappa shape index (κ1) is 31.6. The lowest BCUT2D eigenvalue weighted by Gasteiger charge is -2.48. The van der Waals surface area contributed by atoms with Gasteiger partial charge in [-0.3, -0.25) is 9.64 Å². The Morgan fingerprint density at radius 2 is 1.55 bits per heavy atom. The topological polar surface area (TPSA) is 60.2 Å². The molecule has 0 bridgehead atoms. The number of hydrogen-bond donors (Lipinski definition) is 0. The molecule has 0 radical (unpaired) electrons. The van der Waals surface area contributed by atoms with Gasteiger partial charge in [-0.25, -0.2) is 16.3 Å². The zero-order valence-electron chi connectivity index (χ0n) is 26.5. The van der Waals surface area contributed by atoms with Gasteiger partial charge in [0.2, 0.25) is 0 Å². The standard InChI is InChI=1S/C35H46N2O4Si/c1-32(2,3)40-31(39)37-24-16-23-35(37,36-9)25-28-29(38)21-22-30(34(28,7)8)41-42(33(4,5)6,26-17-12-10-13-18-26)27-19-14-11-15-20-27/h10-15,17-20,22,28H,16,21,23-25H2,1-8H3/t28-,35+/m1/s1. The maximum Gasteiger partial charge on any atom is 0.416 e. The van der Waals surface area contributed by atoms with E-state index < -0.39 is 37.0 Å². The summed E-state index contributed by atoms with van der Waals surface area (Å²) in [5.74, 6) is 0.380. The Kier molecular flexibility index (Phi) is 8.54. The summed E-state index contributed by atoms with van der Waals surface area (Å²) in [6, 6.07) is 20.9. The fourth-order valence-electron chi connectivity index (χ4n) is 6.67. The Morgan fingerprint density at radius 1 is 1.00 bits per heavy atom. The van der Waals surface area contributed by atoms with Crippen LogP contribution in [0.5, 0.6) is 0 Å². The molecular weight excluding hydrogens is 540 g/mol. The fraction of sp³-hybridized carbons (Fsp3) is 0.514. The van der Waals surface area contributed by atoms with E-state index in [2.05, 4.69) is 88.0 Å². The van der Waals surface area contributed by atoms with Crippen LogP contribution >= 0.6 is 0 Å². The van der Waals surface area contributed by atoms with Crippen molar-refractivity contribution in [3.8, 4) is 0 Å². The van der Waals surface area contributed by atoms with Crippen LogP contribution in [0.4, 0.5) is 4.79 Å². The first-order valence-corrected chi connectivity index (χ1v) is 16.9. The highest BCUT2D eigenvalue weighted by molar-refractivity contribution is 6.99. The molecule has 1 saturated heterocycles. The molecule has 42 heavy (non-hydrogen) atoms. The summed E-state index contributed by atoms with van der Waals surface area (Å²) in [6.07, 6.45) is 3.18. The van der Waals surface area contributed by atoms with Gasteiger partial charge in [0, 0.05) is 30.7 Å². The normalized spacial score (nSPS) is 22.7. The number of rotatable bonds is 6. The molecule has 1 aliphatic carbocycles. The van der Waals surface area contributed by atoms with Gasteiger partial charge in [0.25, 0.3) is 0 Å². The molecule has 1 aliphatic heterocycles. The fourth-order valence-corrected chi connectivity index (χ4v) is 11.3. The maximum atomic E-state index is 13.7. The van der Waals surface area contributed by atoms with Crippen LogP contribution in [0.2, 0.25) is 5.04 Å². The van der Waals surface area contributed by atoms with Crippen LogP contribution in [0.25, 0.3) is 4.85 Å². The van der Waals surface area contributed by atoms with Crippen LogP contribution in [0, 0.1) is 17.9 Å². The van der Waals surface area contributed by atoms with Gasteiger partial charge in [0.1, 0.15) is 11.4 Å². The molecule has 1 amide bonds. The average Bonchev–Trinajstić information content (AvgIpc) is 3.34. The Morgan fingerprint density at radius 3 is 2.02 bits per heavy atom. The Bertz CT molecular complexity index is 1330. The molecule has 4 rings (SSSR count). The van der Waals surface area contributed by atoms with E-state index in [9.17, 15) is 9.59 Å². The Balaban J connectivity index is 1.76. The first-order valence-electron chi connectivity index (χ1n) is 15.0. The van der Waals surface area contributed by atoms with Gasteiger partial charge in [-0.05, 0) is 48.7 Å². The van der Waals surface area contributed by atoms with Crippen molar-refractivity contribution < 1.29 is 18.8 Å². The van der Waals surface area contributed by atoms with Gasteiger partial charge < -0.3 is 9.16 Å². The summed E-state index contributed by atoms with van der Waals surface area (Å²) in [5, 5.41) is 2.09. The molecule has 2 aromatic carbocycles. The Hall–Kier alpha value is -3.37. The SMILES string of the molecule is [C-]#[N+][C@@]1(C[C@@H]2C(=O)CC=C(O[Si](c3ccccc3)(c3ccccc3)C(C)(C)C)C2(C)C)CCCN1C(=O)OC(C)(C)C. The highest BCUT2D eigenvalue weighted by atomic mass is 28.4. The summed E-state index contributed by atoms with van der Waals surface area (Å²) in [6.45, 7) is 25.0. The number of ether oxygens (including phenoxy) is 1. The average molecular weight is 587 g/mol. The summed E-state index contributed by atoms with van der Waals surface area (Å²) in [7, 11) is -2.93. The smallest absolute Gasteiger partial charge is 0.416 e. The monoisotopic (exact) mass is 586 g/mol. The predicted octanol–water partition coefficient (Wildman–Crippen LogP) is 7.10. The van der Waals surface area contributed by atoms with E-state index in [1.54, 1.807) is 4.90 Å². The highest BCUT2D eigenvalue weighted by Crippen LogP contribution is 2.50. The highest BCUT2D eigenvalue weighted by Gasteiger charge is 2.59. The third-order valence-electron chi connectivity index (χ3n) is 8.88. The van der Waals surface area contributed by atoms with Crippen molar-refractivity contribution in [2.24, 2.45) is 11.3 Å². The molecule has 1 fully saturated rings. The first-order chi connectivity index (χ1) is 19.6. The van der Waals surface area contributed by atoms with Gasteiger partial charge in [0.05, 0.1) is 12.2 Å².